The number of aromatic amines is 1. The van der Waals surface area contributed by atoms with Gasteiger partial charge >= 0.3 is 0 Å². The van der Waals surface area contributed by atoms with Crippen LogP contribution in [0.4, 0.5) is 5.69 Å². The van der Waals surface area contributed by atoms with Crippen LogP contribution in [-0.2, 0) is 24.7 Å². The molecule has 142 valence electrons. The van der Waals surface area contributed by atoms with Gasteiger partial charge in [0, 0.05) is 47.0 Å². The first kappa shape index (κ1) is 18.9. The number of nitrogens with one attached hydrogen (secondary N) is 2. The van der Waals surface area contributed by atoms with E-state index in [-0.39, 0.29) is 17.3 Å². The summed E-state index contributed by atoms with van der Waals surface area (Å²) in [6.45, 7) is 7.88. The normalized spacial score (nSPS) is 12.3. The van der Waals surface area contributed by atoms with Gasteiger partial charge in [0.1, 0.15) is 0 Å². The summed E-state index contributed by atoms with van der Waals surface area (Å²) in [6.07, 6.45) is 1.40. The van der Waals surface area contributed by atoms with Gasteiger partial charge in [-0.15, -0.1) is 0 Å². The van der Waals surface area contributed by atoms with Gasteiger partial charge in [0.25, 0.3) is 0 Å². The van der Waals surface area contributed by atoms with Gasteiger partial charge in [-0.05, 0) is 50.5 Å². The SMILES string of the molecule is CCc1cc(=O)c2cc(NC(=O)C(C)Cc3c(C)nn(C)c3C)ccc2[nH]1. The highest BCUT2D eigenvalue weighted by atomic mass is 16.1. The third-order valence-corrected chi connectivity index (χ3v) is 5.15. The Morgan fingerprint density at radius 2 is 2.04 bits per heavy atom. The van der Waals surface area contributed by atoms with Crippen molar-refractivity contribution in [2.45, 2.75) is 40.5 Å². The summed E-state index contributed by atoms with van der Waals surface area (Å²) in [5, 5.41) is 7.93. The molecule has 1 atom stereocenters. The van der Waals surface area contributed by atoms with Crippen molar-refractivity contribution in [2.75, 3.05) is 5.32 Å². The van der Waals surface area contributed by atoms with E-state index in [1.165, 1.54) is 0 Å². The zero-order valence-electron chi connectivity index (χ0n) is 16.5. The molecule has 0 radical (unpaired) electrons. The Hall–Kier alpha value is -2.89. The number of rotatable bonds is 5. The summed E-state index contributed by atoms with van der Waals surface area (Å²) in [4.78, 5) is 28.2. The molecule has 6 nitrogen and oxygen atoms in total. The first-order chi connectivity index (χ1) is 12.8. The van der Waals surface area contributed by atoms with Crippen LogP contribution in [0.5, 0.6) is 0 Å². The number of carbonyl (C=O) groups excluding carboxylic acids is 1. The largest absolute Gasteiger partial charge is 0.358 e. The summed E-state index contributed by atoms with van der Waals surface area (Å²) in [5.41, 5.74) is 5.43. The van der Waals surface area contributed by atoms with Crippen LogP contribution < -0.4 is 10.7 Å². The molecule has 2 heterocycles. The molecule has 1 unspecified atom stereocenters. The number of fused-ring (bicyclic) bond motifs is 1. The molecule has 2 aromatic heterocycles. The van der Waals surface area contributed by atoms with Gasteiger partial charge in [0.2, 0.25) is 5.91 Å². The number of aryl methyl sites for hydroxylation is 3. The van der Waals surface area contributed by atoms with Crippen LogP contribution >= 0.6 is 0 Å². The van der Waals surface area contributed by atoms with Crippen LogP contribution in [0.1, 0.15) is 36.5 Å². The molecule has 2 N–H and O–H groups in total. The van der Waals surface area contributed by atoms with Crippen LogP contribution in [0, 0.1) is 19.8 Å². The van der Waals surface area contributed by atoms with Crippen LogP contribution in [0.15, 0.2) is 29.1 Å². The van der Waals surface area contributed by atoms with E-state index in [9.17, 15) is 9.59 Å². The summed E-state index contributed by atoms with van der Waals surface area (Å²) >= 11 is 0. The molecule has 3 rings (SSSR count). The third-order valence-electron chi connectivity index (χ3n) is 5.15. The number of hydrogen-bond acceptors (Lipinski definition) is 3. The molecule has 0 saturated heterocycles. The average molecular weight is 366 g/mol. The molecule has 0 aliphatic heterocycles. The van der Waals surface area contributed by atoms with Crippen molar-refractivity contribution < 1.29 is 4.79 Å². The highest BCUT2D eigenvalue weighted by Gasteiger charge is 2.19. The van der Waals surface area contributed by atoms with Crippen LogP contribution in [-0.4, -0.2) is 20.7 Å². The quantitative estimate of drug-likeness (QED) is 0.727. The Kier molecular flexibility index (Phi) is 5.17. The van der Waals surface area contributed by atoms with Crippen LogP contribution in [0.25, 0.3) is 10.9 Å². The number of nitrogens with zero attached hydrogens (tertiary/aromatic N) is 2. The maximum absolute atomic E-state index is 12.6. The number of anilines is 1. The predicted octanol–water partition coefficient (Wildman–Crippen LogP) is 3.26. The maximum Gasteiger partial charge on any atom is 0.227 e. The average Bonchev–Trinajstić information content (AvgIpc) is 2.88. The molecule has 3 aromatic rings. The molecule has 0 aliphatic carbocycles. The number of H-pyrrole nitrogens is 1. The van der Waals surface area contributed by atoms with Crippen molar-refractivity contribution in [1.29, 1.82) is 0 Å². The first-order valence-electron chi connectivity index (χ1n) is 9.26. The molecule has 27 heavy (non-hydrogen) atoms. The summed E-state index contributed by atoms with van der Waals surface area (Å²) < 4.78 is 1.84. The second-order valence-corrected chi connectivity index (χ2v) is 7.14. The monoisotopic (exact) mass is 366 g/mol. The van der Waals surface area contributed by atoms with Gasteiger partial charge in [0.15, 0.2) is 5.43 Å². The van der Waals surface area contributed by atoms with Crippen molar-refractivity contribution in [3.05, 3.63) is 57.1 Å². The van der Waals surface area contributed by atoms with Gasteiger partial charge in [0.05, 0.1) is 5.69 Å². The van der Waals surface area contributed by atoms with Crippen LogP contribution in [0.3, 0.4) is 0 Å². The summed E-state index contributed by atoms with van der Waals surface area (Å²) in [6, 6.07) is 7.01. The second-order valence-electron chi connectivity index (χ2n) is 7.14. The van der Waals surface area contributed by atoms with Crippen molar-refractivity contribution >= 4 is 22.5 Å². The zero-order chi connectivity index (χ0) is 19.7. The molecule has 0 aliphatic rings. The number of hydrogen-bond donors (Lipinski definition) is 2. The van der Waals surface area contributed by atoms with Gasteiger partial charge in [-0.25, -0.2) is 0 Å². The fraction of sp³-hybridized carbons (Fsp3) is 0.381. The lowest BCUT2D eigenvalue weighted by atomic mass is 9.98. The first-order valence-corrected chi connectivity index (χ1v) is 9.26. The van der Waals surface area contributed by atoms with Gasteiger partial charge in [-0.3, -0.25) is 14.3 Å². The van der Waals surface area contributed by atoms with E-state index in [4.69, 9.17) is 0 Å². The molecule has 0 bridgehead atoms. The number of benzene rings is 1. The van der Waals surface area contributed by atoms with E-state index in [2.05, 4.69) is 15.4 Å². The molecule has 6 heteroatoms. The van der Waals surface area contributed by atoms with Gasteiger partial charge in [-0.1, -0.05) is 13.8 Å². The van der Waals surface area contributed by atoms with Crippen molar-refractivity contribution in [1.82, 2.24) is 14.8 Å². The van der Waals surface area contributed by atoms with Gasteiger partial charge < -0.3 is 10.3 Å². The van der Waals surface area contributed by atoms with E-state index in [0.29, 0.717) is 17.5 Å². The lowest BCUT2D eigenvalue weighted by molar-refractivity contribution is -0.119. The third kappa shape index (κ3) is 3.79. The highest BCUT2D eigenvalue weighted by molar-refractivity contribution is 5.95. The number of aromatic nitrogens is 3. The minimum atomic E-state index is -0.206. The lowest BCUT2D eigenvalue weighted by Gasteiger charge is -2.13. The Bertz CT molecular complexity index is 1060. The van der Waals surface area contributed by atoms with E-state index in [1.807, 2.05) is 51.6 Å². The zero-order valence-corrected chi connectivity index (χ0v) is 16.5. The Morgan fingerprint density at radius 3 is 2.67 bits per heavy atom. The smallest absolute Gasteiger partial charge is 0.227 e. The molecule has 1 amide bonds. The highest BCUT2D eigenvalue weighted by Crippen LogP contribution is 2.20. The van der Waals surface area contributed by atoms with E-state index < -0.39 is 0 Å². The van der Waals surface area contributed by atoms with Crippen molar-refractivity contribution in [2.24, 2.45) is 13.0 Å². The molecule has 1 aromatic carbocycles. The van der Waals surface area contributed by atoms with E-state index >= 15 is 0 Å². The second kappa shape index (κ2) is 7.39. The van der Waals surface area contributed by atoms with Gasteiger partial charge in [-0.2, -0.15) is 5.10 Å². The predicted molar refractivity (Wildman–Crippen MR) is 108 cm³/mol. The number of amides is 1. The molecule has 0 spiro atoms. The number of carbonyl (C=O) groups is 1. The number of pyridine rings is 1. The molecular formula is C21H26N4O2. The minimum absolute atomic E-state index is 0.0358. The molecular weight excluding hydrogens is 340 g/mol. The van der Waals surface area contributed by atoms with Crippen molar-refractivity contribution in [3.63, 3.8) is 0 Å². The fourth-order valence-electron chi connectivity index (χ4n) is 3.35. The molecule has 0 saturated carbocycles. The summed E-state index contributed by atoms with van der Waals surface area (Å²) in [7, 11) is 1.91. The van der Waals surface area contributed by atoms with Crippen molar-refractivity contribution in [3.8, 4) is 0 Å². The summed E-state index contributed by atoms with van der Waals surface area (Å²) in [5.74, 6) is -0.276. The van der Waals surface area contributed by atoms with E-state index in [0.717, 1.165) is 34.6 Å². The van der Waals surface area contributed by atoms with Crippen LogP contribution in [0.2, 0.25) is 0 Å². The Balaban J connectivity index is 1.79. The Morgan fingerprint density at radius 1 is 1.30 bits per heavy atom. The lowest BCUT2D eigenvalue weighted by Crippen LogP contribution is -2.22. The Labute approximate surface area is 158 Å². The fourth-order valence-corrected chi connectivity index (χ4v) is 3.35. The van der Waals surface area contributed by atoms with E-state index in [1.54, 1.807) is 12.1 Å². The minimum Gasteiger partial charge on any atom is -0.358 e. The topological polar surface area (TPSA) is 79.8 Å². The maximum atomic E-state index is 12.6. The molecule has 0 fully saturated rings. The standard InChI is InChI=1S/C21H26N4O2/c1-6-15-11-20(26)18-10-16(7-8-19(18)22-15)23-21(27)12(2)9-17-13(3)24-25(5)14(17)4/h7-8,10-12H,6,9H2,1-5H3,(H,22,26)(H,23,27).